The van der Waals surface area contributed by atoms with Crippen molar-refractivity contribution in [2.45, 2.75) is 13.8 Å². The lowest BCUT2D eigenvalue weighted by atomic mass is 10.1. The number of aromatic nitrogens is 3. The van der Waals surface area contributed by atoms with Gasteiger partial charge in [0.1, 0.15) is 11.0 Å². The molecule has 6 nitrogen and oxygen atoms in total. The predicted molar refractivity (Wildman–Crippen MR) is 116 cm³/mol. The number of thiocarbonyl (C=S) groups is 1. The Morgan fingerprint density at radius 1 is 1.00 bits per heavy atom. The fourth-order valence-electron chi connectivity index (χ4n) is 2.90. The quantitative estimate of drug-likeness (QED) is 0.518. The van der Waals surface area contributed by atoms with Crippen molar-refractivity contribution >= 4 is 50.7 Å². The van der Waals surface area contributed by atoms with Crippen LogP contribution in [-0.4, -0.2) is 26.0 Å². The van der Waals surface area contributed by atoms with Crippen LogP contribution in [0.4, 0.5) is 5.69 Å². The van der Waals surface area contributed by atoms with E-state index in [4.69, 9.17) is 12.2 Å². The van der Waals surface area contributed by atoms with E-state index < -0.39 is 0 Å². The number of rotatable bonds is 3. The minimum Gasteiger partial charge on any atom is -0.332 e. The maximum absolute atomic E-state index is 11.8. The molecule has 0 saturated heterocycles. The molecule has 4 aromatic rings. The molecule has 0 spiro atoms. The van der Waals surface area contributed by atoms with Gasteiger partial charge in [-0.15, -0.1) is 15.0 Å². The van der Waals surface area contributed by atoms with Gasteiger partial charge < -0.3 is 10.6 Å². The fraction of sp³-hybridized carbons (Fsp3) is 0.143. The lowest BCUT2D eigenvalue weighted by Gasteiger charge is -2.10. The van der Waals surface area contributed by atoms with Crippen LogP contribution in [0.3, 0.4) is 0 Å². The van der Waals surface area contributed by atoms with E-state index in [1.54, 1.807) is 4.80 Å². The Kier molecular flexibility index (Phi) is 4.75. The van der Waals surface area contributed by atoms with Crippen molar-refractivity contribution in [1.29, 1.82) is 0 Å². The number of anilines is 1. The zero-order valence-electron chi connectivity index (χ0n) is 15.5. The molecule has 0 atom stereocenters. The molecule has 0 aliphatic carbocycles. The number of carbonyl (C=O) groups is 1. The second kappa shape index (κ2) is 7.36. The number of hydrogen-bond acceptors (Lipinski definition) is 4. The number of benzene rings is 3. The molecule has 3 aromatic carbocycles. The summed E-state index contributed by atoms with van der Waals surface area (Å²) in [7, 11) is 0. The Morgan fingerprint density at radius 2 is 1.75 bits per heavy atom. The van der Waals surface area contributed by atoms with Gasteiger partial charge in [0.2, 0.25) is 5.91 Å². The Hall–Kier alpha value is -3.32. The normalized spacial score (nSPS) is 11.1. The molecule has 0 aliphatic heterocycles. The van der Waals surface area contributed by atoms with Crippen molar-refractivity contribution < 1.29 is 4.79 Å². The van der Waals surface area contributed by atoms with Crippen LogP contribution < -0.4 is 10.6 Å². The van der Waals surface area contributed by atoms with E-state index in [-0.39, 0.29) is 16.9 Å². The molecule has 28 heavy (non-hydrogen) atoms. The van der Waals surface area contributed by atoms with E-state index in [0.29, 0.717) is 0 Å². The summed E-state index contributed by atoms with van der Waals surface area (Å²) in [4.78, 5) is 13.4. The number of fused-ring (bicyclic) bond motifs is 2. The molecule has 0 saturated carbocycles. The molecule has 0 aliphatic rings. The Morgan fingerprint density at radius 3 is 2.57 bits per heavy atom. The molecule has 2 N–H and O–H groups in total. The van der Waals surface area contributed by atoms with E-state index in [2.05, 4.69) is 39.0 Å². The van der Waals surface area contributed by atoms with Crippen LogP contribution in [0.15, 0.2) is 60.7 Å². The van der Waals surface area contributed by atoms with Crippen LogP contribution in [0.25, 0.3) is 27.5 Å². The van der Waals surface area contributed by atoms with E-state index >= 15 is 0 Å². The molecular formula is C21H19N5OS. The van der Waals surface area contributed by atoms with E-state index in [9.17, 15) is 4.79 Å². The van der Waals surface area contributed by atoms with Crippen LogP contribution in [0.1, 0.15) is 13.8 Å². The van der Waals surface area contributed by atoms with E-state index in [1.165, 1.54) is 0 Å². The largest absolute Gasteiger partial charge is 0.332 e. The molecule has 0 radical (unpaired) electrons. The van der Waals surface area contributed by atoms with Crippen molar-refractivity contribution in [2.75, 3.05) is 5.32 Å². The van der Waals surface area contributed by atoms with Crippen LogP contribution in [0.5, 0.6) is 0 Å². The first-order valence-corrected chi connectivity index (χ1v) is 9.39. The summed E-state index contributed by atoms with van der Waals surface area (Å²) in [5.74, 6) is -0.261. The molecule has 0 bridgehead atoms. The molecule has 140 valence electrons. The van der Waals surface area contributed by atoms with Crippen LogP contribution >= 0.6 is 12.2 Å². The highest BCUT2D eigenvalue weighted by Crippen LogP contribution is 2.23. The van der Waals surface area contributed by atoms with Gasteiger partial charge in [0.25, 0.3) is 0 Å². The number of amides is 1. The lowest BCUT2D eigenvalue weighted by Crippen LogP contribution is -2.36. The minimum absolute atomic E-state index is 0.125. The third kappa shape index (κ3) is 3.57. The zero-order chi connectivity index (χ0) is 19.7. The number of hydrogen-bond donors (Lipinski definition) is 2. The summed E-state index contributed by atoms with van der Waals surface area (Å²) >= 11 is 5.20. The highest BCUT2D eigenvalue weighted by atomic mass is 32.1. The van der Waals surface area contributed by atoms with Gasteiger partial charge >= 0.3 is 0 Å². The maximum Gasteiger partial charge on any atom is 0.228 e. The Bertz CT molecular complexity index is 1190. The molecule has 1 aromatic heterocycles. The first-order chi connectivity index (χ1) is 13.5. The first-order valence-electron chi connectivity index (χ1n) is 8.98. The van der Waals surface area contributed by atoms with Crippen molar-refractivity contribution in [3.63, 3.8) is 0 Å². The predicted octanol–water partition coefficient (Wildman–Crippen LogP) is 4.04. The second-order valence-corrected chi connectivity index (χ2v) is 7.20. The van der Waals surface area contributed by atoms with Crippen molar-refractivity contribution in [2.24, 2.45) is 5.92 Å². The third-order valence-corrected chi connectivity index (χ3v) is 4.59. The second-order valence-electron chi connectivity index (χ2n) is 6.79. The molecule has 7 heteroatoms. The van der Waals surface area contributed by atoms with Gasteiger partial charge in [0.05, 0.1) is 5.69 Å². The SMILES string of the molecule is CC(C)C(=O)NC(=S)Nc1ccc2nn(-c3cccc4ccccc34)nc2c1. The van der Waals surface area contributed by atoms with Crippen molar-refractivity contribution in [3.05, 3.63) is 60.7 Å². The van der Waals surface area contributed by atoms with Gasteiger partial charge in [-0.2, -0.15) is 0 Å². The summed E-state index contributed by atoms with van der Waals surface area (Å²) < 4.78 is 0. The summed E-state index contributed by atoms with van der Waals surface area (Å²) in [6, 6.07) is 19.8. The smallest absolute Gasteiger partial charge is 0.228 e. The average molecular weight is 389 g/mol. The summed E-state index contributed by atoms with van der Waals surface area (Å²) in [5, 5.41) is 17.4. The Balaban J connectivity index is 1.63. The van der Waals surface area contributed by atoms with Gasteiger partial charge in [0, 0.05) is 17.0 Å². The van der Waals surface area contributed by atoms with Crippen LogP contribution in [-0.2, 0) is 4.79 Å². The molecule has 1 amide bonds. The number of carbonyl (C=O) groups excluding carboxylic acids is 1. The highest BCUT2D eigenvalue weighted by Gasteiger charge is 2.11. The van der Waals surface area contributed by atoms with Gasteiger partial charge in [-0.25, -0.2) is 0 Å². The van der Waals surface area contributed by atoms with Gasteiger partial charge in [-0.05, 0) is 41.9 Å². The standard InChI is InChI=1S/C21H19N5OS/c1-13(2)20(27)23-21(28)22-15-10-11-17-18(12-15)25-26(24-17)19-9-5-7-14-6-3-4-8-16(14)19/h3-13H,1-2H3,(H2,22,23,27,28). The van der Waals surface area contributed by atoms with Gasteiger partial charge in [-0.1, -0.05) is 50.2 Å². The zero-order valence-corrected chi connectivity index (χ0v) is 16.3. The number of nitrogens with one attached hydrogen (secondary N) is 2. The van der Waals surface area contributed by atoms with E-state index in [0.717, 1.165) is 33.2 Å². The van der Waals surface area contributed by atoms with Crippen LogP contribution in [0, 0.1) is 5.92 Å². The maximum atomic E-state index is 11.8. The third-order valence-electron chi connectivity index (χ3n) is 4.38. The van der Waals surface area contributed by atoms with Gasteiger partial charge in [0.15, 0.2) is 5.11 Å². The summed E-state index contributed by atoms with van der Waals surface area (Å²) in [5.41, 5.74) is 3.17. The Labute approximate surface area is 167 Å². The van der Waals surface area contributed by atoms with Gasteiger partial charge in [-0.3, -0.25) is 4.79 Å². The summed E-state index contributed by atoms with van der Waals surface area (Å²) in [6.07, 6.45) is 0. The monoisotopic (exact) mass is 389 g/mol. The molecule has 0 unspecified atom stereocenters. The number of nitrogens with zero attached hydrogens (tertiary/aromatic N) is 3. The molecule has 1 heterocycles. The average Bonchev–Trinajstić information content (AvgIpc) is 3.10. The minimum atomic E-state index is -0.136. The van der Waals surface area contributed by atoms with Crippen molar-refractivity contribution in [1.82, 2.24) is 20.3 Å². The van der Waals surface area contributed by atoms with E-state index in [1.807, 2.05) is 56.3 Å². The van der Waals surface area contributed by atoms with Crippen molar-refractivity contribution in [3.8, 4) is 5.69 Å². The molecule has 0 fully saturated rings. The highest BCUT2D eigenvalue weighted by molar-refractivity contribution is 7.80. The lowest BCUT2D eigenvalue weighted by molar-refractivity contribution is -0.122. The first kappa shape index (κ1) is 18.1. The fourth-order valence-corrected chi connectivity index (χ4v) is 3.12. The molecular weight excluding hydrogens is 370 g/mol. The molecule has 4 rings (SSSR count). The topological polar surface area (TPSA) is 71.8 Å². The van der Waals surface area contributed by atoms with Crippen LogP contribution in [0.2, 0.25) is 0 Å². The summed E-state index contributed by atoms with van der Waals surface area (Å²) in [6.45, 7) is 3.63.